The summed E-state index contributed by atoms with van der Waals surface area (Å²) in [5, 5.41) is 3.66. The summed E-state index contributed by atoms with van der Waals surface area (Å²) in [6.07, 6.45) is 5.10. The van der Waals surface area contributed by atoms with Crippen molar-refractivity contribution in [1.29, 1.82) is 0 Å². The van der Waals surface area contributed by atoms with Gasteiger partial charge in [-0.05, 0) is 60.3 Å². The molecule has 2 aliphatic rings. The molecule has 1 N–H and O–H groups in total. The van der Waals surface area contributed by atoms with Crippen molar-refractivity contribution in [2.45, 2.75) is 77.5 Å². The first kappa shape index (κ1) is 15.3. The molecule has 0 amide bonds. The third-order valence-corrected chi connectivity index (χ3v) is 4.39. The van der Waals surface area contributed by atoms with Crippen molar-refractivity contribution >= 4 is 0 Å². The summed E-state index contributed by atoms with van der Waals surface area (Å²) in [5.74, 6) is 0. The van der Waals surface area contributed by atoms with Gasteiger partial charge in [0.2, 0.25) is 0 Å². The molecule has 2 rings (SSSR count). The monoisotopic (exact) mass is 269 g/mol. The standard InChI is InChI=1S/C16H31NO2/c1-14(2,3)17-11-16(8-9-18-12-16)10-13-6-7-15(4,5)19-13/h13,17H,6-12H2,1-5H3. The van der Waals surface area contributed by atoms with Crippen molar-refractivity contribution in [2.24, 2.45) is 5.41 Å². The van der Waals surface area contributed by atoms with Crippen molar-refractivity contribution in [1.82, 2.24) is 5.32 Å². The molecule has 2 saturated heterocycles. The summed E-state index contributed by atoms with van der Waals surface area (Å²) in [4.78, 5) is 0. The van der Waals surface area contributed by atoms with Gasteiger partial charge < -0.3 is 14.8 Å². The first-order chi connectivity index (χ1) is 8.70. The summed E-state index contributed by atoms with van der Waals surface area (Å²) >= 11 is 0. The average molecular weight is 269 g/mol. The molecular weight excluding hydrogens is 238 g/mol. The summed E-state index contributed by atoms with van der Waals surface area (Å²) in [7, 11) is 0. The van der Waals surface area contributed by atoms with Crippen LogP contribution in [0, 0.1) is 5.41 Å². The van der Waals surface area contributed by atoms with Gasteiger partial charge in [0, 0.05) is 24.1 Å². The molecule has 3 nitrogen and oxygen atoms in total. The van der Waals surface area contributed by atoms with E-state index in [9.17, 15) is 0 Å². The number of rotatable bonds is 4. The molecule has 2 heterocycles. The highest BCUT2D eigenvalue weighted by Gasteiger charge is 2.41. The van der Waals surface area contributed by atoms with E-state index in [1.54, 1.807) is 0 Å². The van der Waals surface area contributed by atoms with Crippen molar-refractivity contribution in [3.05, 3.63) is 0 Å². The van der Waals surface area contributed by atoms with E-state index in [0.29, 0.717) is 6.10 Å². The smallest absolute Gasteiger partial charge is 0.0631 e. The minimum atomic E-state index is 0.0722. The lowest BCUT2D eigenvalue weighted by Gasteiger charge is -2.34. The van der Waals surface area contributed by atoms with E-state index in [-0.39, 0.29) is 16.6 Å². The highest BCUT2D eigenvalue weighted by molar-refractivity contribution is 4.92. The van der Waals surface area contributed by atoms with Gasteiger partial charge >= 0.3 is 0 Å². The first-order valence-electron chi connectivity index (χ1n) is 7.70. The van der Waals surface area contributed by atoms with Crippen LogP contribution in [0.3, 0.4) is 0 Å². The highest BCUT2D eigenvalue weighted by Crippen LogP contribution is 2.40. The van der Waals surface area contributed by atoms with Gasteiger partial charge in [-0.15, -0.1) is 0 Å². The maximum atomic E-state index is 6.18. The Balaban J connectivity index is 1.92. The molecule has 0 aromatic carbocycles. The fourth-order valence-corrected chi connectivity index (χ4v) is 3.18. The molecular formula is C16H31NO2. The highest BCUT2D eigenvalue weighted by atomic mass is 16.5. The van der Waals surface area contributed by atoms with Gasteiger partial charge in [-0.2, -0.15) is 0 Å². The first-order valence-corrected chi connectivity index (χ1v) is 7.70. The minimum Gasteiger partial charge on any atom is -0.381 e. The van der Waals surface area contributed by atoms with Crippen LogP contribution in [0.5, 0.6) is 0 Å². The van der Waals surface area contributed by atoms with Crippen LogP contribution in [-0.2, 0) is 9.47 Å². The van der Waals surface area contributed by atoms with E-state index in [1.165, 1.54) is 12.8 Å². The van der Waals surface area contributed by atoms with Crippen LogP contribution in [-0.4, -0.2) is 37.0 Å². The second-order valence-corrected chi connectivity index (χ2v) is 8.15. The number of hydrogen-bond donors (Lipinski definition) is 1. The molecule has 0 bridgehead atoms. The molecule has 2 fully saturated rings. The Morgan fingerprint density at radius 1 is 1.21 bits per heavy atom. The summed E-state index contributed by atoms with van der Waals surface area (Å²) < 4.78 is 11.9. The third kappa shape index (κ3) is 4.44. The zero-order valence-corrected chi connectivity index (χ0v) is 13.3. The molecule has 2 aliphatic heterocycles. The molecule has 2 unspecified atom stereocenters. The van der Waals surface area contributed by atoms with Crippen LogP contribution >= 0.6 is 0 Å². The van der Waals surface area contributed by atoms with Gasteiger partial charge in [-0.1, -0.05) is 0 Å². The maximum Gasteiger partial charge on any atom is 0.0631 e. The van der Waals surface area contributed by atoms with Gasteiger partial charge in [0.25, 0.3) is 0 Å². The minimum absolute atomic E-state index is 0.0722. The van der Waals surface area contributed by atoms with Gasteiger partial charge in [0.05, 0.1) is 18.3 Å². The zero-order valence-electron chi connectivity index (χ0n) is 13.3. The van der Waals surface area contributed by atoms with Gasteiger partial charge in [-0.3, -0.25) is 0 Å². The van der Waals surface area contributed by atoms with Crippen LogP contribution < -0.4 is 5.32 Å². The van der Waals surface area contributed by atoms with Gasteiger partial charge in [0.1, 0.15) is 0 Å². The van der Waals surface area contributed by atoms with Crippen molar-refractivity contribution in [3.8, 4) is 0 Å². The quantitative estimate of drug-likeness (QED) is 0.850. The normalized spacial score (nSPS) is 34.9. The van der Waals surface area contributed by atoms with E-state index in [2.05, 4.69) is 39.9 Å². The molecule has 0 radical (unpaired) electrons. The molecule has 0 aliphatic carbocycles. The van der Waals surface area contributed by atoms with Crippen LogP contribution in [0.1, 0.15) is 60.3 Å². The zero-order chi connectivity index (χ0) is 14.1. The van der Waals surface area contributed by atoms with E-state index < -0.39 is 0 Å². The Hall–Kier alpha value is -0.120. The molecule has 112 valence electrons. The van der Waals surface area contributed by atoms with Gasteiger partial charge in [0.15, 0.2) is 0 Å². The molecule has 0 saturated carbocycles. The van der Waals surface area contributed by atoms with E-state index in [0.717, 1.165) is 32.6 Å². The molecule has 0 aromatic heterocycles. The maximum absolute atomic E-state index is 6.18. The lowest BCUT2D eigenvalue weighted by molar-refractivity contribution is -0.0373. The lowest BCUT2D eigenvalue weighted by atomic mass is 9.80. The van der Waals surface area contributed by atoms with Crippen molar-refractivity contribution in [2.75, 3.05) is 19.8 Å². The molecule has 2 atom stereocenters. The van der Waals surface area contributed by atoms with E-state index in [4.69, 9.17) is 9.47 Å². The average Bonchev–Trinajstić information content (AvgIpc) is 2.83. The van der Waals surface area contributed by atoms with E-state index >= 15 is 0 Å². The number of ether oxygens (including phenoxy) is 2. The lowest BCUT2D eigenvalue weighted by Crippen LogP contribution is -2.45. The predicted molar refractivity (Wildman–Crippen MR) is 78.4 cm³/mol. The van der Waals surface area contributed by atoms with Crippen molar-refractivity contribution in [3.63, 3.8) is 0 Å². The third-order valence-electron chi connectivity index (χ3n) is 4.39. The fourth-order valence-electron chi connectivity index (χ4n) is 3.18. The molecule has 19 heavy (non-hydrogen) atoms. The summed E-state index contributed by atoms with van der Waals surface area (Å²) in [6, 6.07) is 0. The van der Waals surface area contributed by atoms with Crippen LogP contribution in [0.4, 0.5) is 0 Å². The topological polar surface area (TPSA) is 30.5 Å². The Morgan fingerprint density at radius 2 is 1.95 bits per heavy atom. The summed E-state index contributed by atoms with van der Waals surface area (Å²) in [6.45, 7) is 13.9. The second kappa shape index (κ2) is 5.34. The number of nitrogens with one attached hydrogen (secondary N) is 1. The molecule has 3 heteroatoms. The Labute approximate surface area is 118 Å². The SMILES string of the molecule is CC(C)(C)NCC1(CC2CCC(C)(C)O2)CCOC1. The van der Waals surface area contributed by atoms with E-state index in [1.807, 2.05) is 0 Å². The fraction of sp³-hybridized carbons (Fsp3) is 1.00. The molecule has 0 spiro atoms. The van der Waals surface area contributed by atoms with Gasteiger partial charge in [-0.25, -0.2) is 0 Å². The van der Waals surface area contributed by atoms with Crippen LogP contribution in [0.25, 0.3) is 0 Å². The van der Waals surface area contributed by atoms with Crippen LogP contribution in [0.2, 0.25) is 0 Å². The predicted octanol–water partition coefficient (Wildman–Crippen LogP) is 3.13. The molecule has 0 aromatic rings. The van der Waals surface area contributed by atoms with Crippen LogP contribution in [0.15, 0.2) is 0 Å². The Morgan fingerprint density at radius 3 is 2.42 bits per heavy atom. The largest absolute Gasteiger partial charge is 0.381 e. The van der Waals surface area contributed by atoms with Crippen molar-refractivity contribution < 1.29 is 9.47 Å². The number of hydrogen-bond acceptors (Lipinski definition) is 3. The summed E-state index contributed by atoms with van der Waals surface area (Å²) in [5.41, 5.74) is 0.520. The second-order valence-electron chi connectivity index (χ2n) is 8.15. The Bertz CT molecular complexity index is 300. The Kier molecular flexibility index (Phi) is 4.29.